The fourth-order valence-corrected chi connectivity index (χ4v) is 1.73. The summed E-state index contributed by atoms with van der Waals surface area (Å²) >= 11 is 0. The molecule has 3 atom stereocenters. The third-order valence-corrected chi connectivity index (χ3v) is 2.53. The highest BCUT2D eigenvalue weighted by Crippen LogP contribution is 2.40. The summed E-state index contributed by atoms with van der Waals surface area (Å²) in [6.07, 6.45) is 0.500. The molecule has 0 aromatic heterocycles. The molecular weight excluding hydrogens is 183 g/mol. The summed E-state index contributed by atoms with van der Waals surface area (Å²) in [6.45, 7) is 2.76. The molecule has 2 nitrogen and oxygen atoms in total. The predicted molar refractivity (Wildman–Crippen MR) is 54.5 cm³/mol. The topological polar surface area (TPSA) is 21.8 Å². The minimum absolute atomic E-state index is 0.249. The maximum atomic E-state index is 5.49. The van der Waals surface area contributed by atoms with Crippen LogP contribution in [0, 0.1) is 6.92 Å². The van der Waals surface area contributed by atoms with Gasteiger partial charge in [0.25, 0.3) is 0 Å². The van der Waals surface area contributed by atoms with Gasteiger partial charge in [-0.1, -0.05) is 24.3 Å². The van der Waals surface area contributed by atoms with Crippen LogP contribution >= 0.6 is 9.47 Å². The van der Waals surface area contributed by atoms with E-state index in [1.165, 1.54) is 11.1 Å². The summed E-state index contributed by atoms with van der Waals surface area (Å²) in [5.41, 5.74) is 2.58. The van der Waals surface area contributed by atoms with Crippen molar-refractivity contribution in [3.63, 3.8) is 0 Å². The number of hydrogen-bond donors (Lipinski definition) is 0. The van der Waals surface area contributed by atoms with Gasteiger partial charge in [-0.15, -0.1) is 0 Å². The summed E-state index contributed by atoms with van der Waals surface area (Å²) in [4.78, 5) is 0. The molecular formula is C10H13O2P. The lowest BCUT2D eigenvalue weighted by atomic mass is 10.0. The number of ether oxygens (including phenoxy) is 1. The standard InChI is InChI=1S/C10H13O2P/c1-7-4-2-3-5-8(7)10-9(12-10)6-11-13/h2-5,9-10H,6,13H2,1H3. The second kappa shape index (κ2) is 3.75. The molecule has 0 N–H and O–H groups in total. The van der Waals surface area contributed by atoms with Crippen LogP contribution in [0.5, 0.6) is 0 Å². The Morgan fingerprint density at radius 1 is 1.46 bits per heavy atom. The molecule has 1 aromatic carbocycles. The van der Waals surface area contributed by atoms with E-state index in [4.69, 9.17) is 9.26 Å². The highest BCUT2D eigenvalue weighted by Gasteiger charge is 2.40. The van der Waals surface area contributed by atoms with E-state index in [9.17, 15) is 0 Å². The molecule has 2 rings (SSSR count). The van der Waals surface area contributed by atoms with Crippen molar-refractivity contribution in [1.82, 2.24) is 0 Å². The monoisotopic (exact) mass is 196 g/mol. The second-order valence-corrected chi connectivity index (χ2v) is 3.62. The van der Waals surface area contributed by atoms with E-state index >= 15 is 0 Å². The van der Waals surface area contributed by atoms with E-state index in [0.717, 1.165) is 0 Å². The Hall–Kier alpha value is -0.430. The van der Waals surface area contributed by atoms with Gasteiger partial charge in [0.05, 0.1) is 6.61 Å². The summed E-state index contributed by atoms with van der Waals surface area (Å²) in [6, 6.07) is 8.31. The van der Waals surface area contributed by atoms with Gasteiger partial charge in [0.2, 0.25) is 0 Å². The molecule has 1 saturated heterocycles. The van der Waals surface area contributed by atoms with Crippen LogP contribution in [-0.4, -0.2) is 12.7 Å². The molecule has 1 aliphatic rings. The highest BCUT2D eigenvalue weighted by molar-refractivity contribution is 7.09. The van der Waals surface area contributed by atoms with Crippen molar-refractivity contribution in [2.45, 2.75) is 19.1 Å². The van der Waals surface area contributed by atoms with Crippen molar-refractivity contribution in [2.75, 3.05) is 6.61 Å². The first kappa shape index (κ1) is 9.14. The summed E-state index contributed by atoms with van der Waals surface area (Å²) in [7, 11) is 2.25. The molecule has 3 unspecified atom stereocenters. The third-order valence-electron chi connectivity index (χ3n) is 2.34. The third kappa shape index (κ3) is 1.91. The first-order chi connectivity index (χ1) is 6.33. The summed E-state index contributed by atoms with van der Waals surface area (Å²) in [5.74, 6) is 0. The lowest BCUT2D eigenvalue weighted by Crippen LogP contribution is -1.96. The van der Waals surface area contributed by atoms with E-state index in [2.05, 4.69) is 28.5 Å². The smallest absolute Gasteiger partial charge is 0.112 e. The normalized spacial score (nSPS) is 26.0. The quantitative estimate of drug-likeness (QED) is 0.546. The van der Waals surface area contributed by atoms with Crippen LogP contribution in [0.25, 0.3) is 0 Å². The van der Waals surface area contributed by atoms with E-state index in [1.54, 1.807) is 0 Å². The van der Waals surface area contributed by atoms with Gasteiger partial charge in [-0.25, -0.2) is 0 Å². The summed E-state index contributed by atoms with van der Waals surface area (Å²) < 4.78 is 10.4. The van der Waals surface area contributed by atoms with Gasteiger partial charge in [-0.3, -0.25) is 0 Å². The molecule has 3 heteroatoms. The zero-order valence-corrected chi connectivity index (χ0v) is 8.72. The van der Waals surface area contributed by atoms with Gasteiger partial charge in [-0.05, 0) is 18.1 Å². The largest absolute Gasteiger partial charge is 0.363 e. The van der Waals surface area contributed by atoms with Gasteiger partial charge in [0.15, 0.2) is 0 Å². The molecule has 0 bridgehead atoms. The predicted octanol–water partition coefficient (Wildman–Crippen LogP) is 2.24. The number of epoxide rings is 1. The Morgan fingerprint density at radius 2 is 2.23 bits per heavy atom. The van der Waals surface area contributed by atoms with Crippen molar-refractivity contribution in [2.24, 2.45) is 0 Å². The van der Waals surface area contributed by atoms with Crippen molar-refractivity contribution in [3.05, 3.63) is 35.4 Å². The SMILES string of the molecule is Cc1ccccc1C1OC1COP. The maximum Gasteiger partial charge on any atom is 0.112 e. The first-order valence-corrected chi connectivity index (χ1v) is 4.82. The Morgan fingerprint density at radius 3 is 2.92 bits per heavy atom. The van der Waals surface area contributed by atoms with Gasteiger partial charge in [0.1, 0.15) is 12.2 Å². The van der Waals surface area contributed by atoms with Crippen molar-refractivity contribution in [1.29, 1.82) is 0 Å². The fourth-order valence-electron chi connectivity index (χ4n) is 1.54. The Labute approximate surface area is 80.5 Å². The van der Waals surface area contributed by atoms with Crippen LogP contribution < -0.4 is 0 Å². The molecule has 1 aromatic rings. The second-order valence-electron chi connectivity index (χ2n) is 3.29. The highest BCUT2D eigenvalue weighted by atomic mass is 31.0. The van der Waals surface area contributed by atoms with Crippen LogP contribution in [0.15, 0.2) is 24.3 Å². The van der Waals surface area contributed by atoms with Crippen LogP contribution in [-0.2, 0) is 9.26 Å². The van der Waals surface area contributed by atoms with Gasteiger partial charge >= 0.3 is 0 Å². The van der Waals surface area contributed by atoms with Crippen LogP contribution in [0.4, 0.5) is 0 Å². The average Bonchev–Trinajstić information content (AvgIpc) is 2.86. The number of hydrogen-bond acceptors (Lipinski definition) is 2. The molecule has 0 radical (unpaired) electrons. The van der Waals surface area contributed by atoms with Crippen molar-refractivity contribution < 1.29 is 9.26 Å². The van der Waals surface area contributed by atoms with E-state index in [0.29, 0.717) is 6.61 Å². The van der Waals surface area contributed by atoms with E-state index < -0.39 is 0 Å². The molecule has 1 fully saturated rings. The molecule has 0 saturated carbocycles. The molecule has 70 valence electrons. The molecule has 0 aliphatic carbocycles. The van der Waals surface area contributed by atoms with E-state index in [-0.39, 0.29) is 12.2 Å². The minimum Gasteiger partial charge on any atom is -0.363 e. The lowest BCUT2D eigenvalue weighted by molar-refractivity contribution is 0.289. The number of benzene rings is 1. The lowest BCUT2D eigenvalue weighted by Gasteiger charge is -2.00. The van der Waals surface area contributed by atoms with E-state index in [1.807, 2.05) is 12.1 Å². The summed E-state index contributed by atoms with van der Waals surface area (Å²) in [5, 5.41) is 0. The van der Waals surface area contributed by atoms with Gasteiger partial charge < -0.3 is 9.26 Å². The van der Waals surface area contributed by atoms with Crippen LogP contribution in [0.2, 0.25) is 0 Å². The Balaban J connectivity index is 2.07. The first-order valence-electron chi connectivity index (χ1n) is 4.35. The Bertz CT molecular complexity index is 301. The van der Waals surface area contributed by atoms with Gasteiger partial charge in [-0.2, -0.15) is 0 Å². The molecule has 13 heavy (non-hydrogen) atoms. The number of rotatable bonds is 3. The molecule has 0 amide bonds. The van der Waals surface area contributed by atoms with Crippen LogP contribution in [0.3, 0.4) is 0 Å². The minimum atomic E-state index is 0.249. The zero-order chi connectivity index (χ0) is 9.26. The van der Waals surface area contributed by atoms with Gasteiger partial charge in [0, 0.05) is 9.47 Å². The maximum absolute atomic E-state index is 5.49. The molecule has 1 heterocycles. The van der Waals surface area contributed by atoms with Crippen LogP contribution in [0.1, 0.15) is 17.2 Å². The number of aryl methyl sites for hydroxylation is 1. The van der Waals surface area contributed by atoms with Crippen molar-refractivity contribution in [3.8, 4) is 0 Å². The molecule has 1 aliphatic heterocycles. The Kier molecular flexibility index (Phi) is 2.63. The molecule has 0 spiro atoms. The average molecular weight is 196 g/mol. The fraction of sp³-hybridized carbons (Fsp3) is 0.400. The zero-order valence-electron chi connectivity index (χ0n) is 7.57. The van der Waals surface area contributed by atoms with Crippen molar-refractivity contribution >= 4 is 9.47 Å².